The number of anilines is 1. The highest BCUT2D eigenvalue weighted by Gasteiger charge is 2.41. The minimum Gasteiger partial charge on any atom is -0.480 e. The molecule has 6 heteroatoms. The lowest BCUT2D eigenvalue weighted by atomic mass is 9.86. The third-order valence-corrected chi connectivity index (χ3v) is 6.68. The van der Waals surface area contributed by atoms with Crippen molar-refractivity contribution in [2.45, 2.75) is 26.0 Å². The smallest absolute Gasteiger partial charge is 0.226 e. The van der Waals surface area contributed by atoms with Gasteiger partial charge < -0.3 is 10.1 Å². The first-order chi connectivity index (χ1) is 14.7. The minimum atomic E-state index is -0.189. The van der Waals surface area contributed by atoms with Crippen LogP contribution in [0.15, 0.2) is 71.9 Å². The fourth-order valence-electron chi connectivity index (χ4n) is 4.33. The number of benzene rings is 2. The molecule has 2 aromatic heterocycles. The first-order valence-corrected chi connectivity index (χ1v) is 10.9. The van der Waals surface area contributed by atoms with Crippen LogP contribution in [0.1, 0.15) is 39.3 Å². The summed E-state index contributed by atoms with van der Waals surface area (Å²) in [5, 5.41) is 10.2. The molecule has 0 saturated heterocycles. The Morgan fingerprint density at radius 1 is 1.03 bits per heavy atom. The van der Waals surface area contributed by atoms with Gasteiger partial charge in [0.1, 0.15) is 18.1 Å². The summed E-state index contributed by atoms with van der Waals surface area (Å²) in [6.45, 7) is 4.21. The molecule has 4 heterocycles. The van der Waals surface area contributed by atoms with Gasteiger partial charge in [-0.2, -0.15) is 10.1 Å². The van der Waals surface area contributed by atoms with Crippen LogP contribution < -0.4 is 10.1 Å². The predicted molar refractivity (Wildman–Crippen MR) is 119 cm³/mol. The SMILES string of the molecule is Cc1ccc([C@@H]2C3=C(Nc4ncnn42)c2cc(C)ccc2O[C@H]3c2cccs2)cc1. The van der Waals surface area contributed by atoms with Gasteiger partial charge in [0.15, 0.2) is 6.10 Å². The zero-order valence-corrected chi connectivity index (χ0v) is 17.5. The van der Waals surface area contributed by atoms with Gasteiger partial charge in [-0.3, -0.25) is 0 Å². The van der Waals surface area contributed by atoms with Crippen molar-refractivity contribution in [3.8, 4) is 5.75 Å². The summed E-state index contributed by atoms with van der Waals surface area (Å²) in [5.41, 5.74) is 6.91. The standard InChI is InChI=1S/C24H20N4OS/c1-14-5-8-16(9-6-14)22-20-21(27-24-25-13-26-28(22)24)17-12-15(2)7-10-18(17)29-23(20)19-4-3-11-30-19/h3-13,22-23H,1-2H3,(H,25,26,27)/t22-,23+/m1/s1. The van der Waals surface area contributed by atoms with Crippen LogP contribution >= 0.6 is 11.3 Å². The number of hydrogen-bond donors (Lipinski definition) is 1. The Labute approximate surface area is 178 Å². The lowest BCUT2D eigenvalue weighted by molar-refractivity contribution is 0.226. The Bertz CT molecular complexity index is 1270. The van der Waals surface area contributed by atoms with Crippen molar-refractivity contribution in [3.05, 3.63) is 99.0 Å². The van der Waals surface area contributed by atoms with Gasteiger partial charge in [-0.15, -0.1) is 11.3 Å². The third kappa shape index (κ3) is 2.60. The average Bonchev–Trinajstić information content (AvgIpc) is 3.44. The van der Waals surface area contributed by atoms with E-state index in [4.69, 9.17) is 4.74 Å². The van der Waals surface area contributed by atoms with Crippen molar-refractivity contribution in [3.63, 3.8) is 0 Å². The molecule has 5 nitrogen and oxygen atoms in total. The second-order valence-corrected chi connectivity index (χ2v) is 8.79. The van der Waals surface area contributed by atoms with E-state index >= 15 is 0 Å². The molecular weight excluding hydrogens is 392 g/mol. The van der Waals surface area contributed by atoms with Crippen molar-refractivity contribution >= 4 is 23.0 Å². The van der Waals surface area contributed by atoms with Crippen LogP contribution in [0.5, 0.6) is 5.75 Å². The number of rotatable bonds is 2. The summed E-state index contributed by atoms with van der Waals surface area (Å²) in [4.78, 5) is 5.67. The third-order valence-electron chi connectivity index (χ3n) is 5.76. The van der Waals surface area contributed by atoms with Crippen molar-refractivity contribution in [2.75, 3.05) is 5.32 Å². The highest BCUT2D eigenvalue weighted by Crippen LogP contribution is 2.51. The Balaban J connectivity index is 1.64. The fourth-order valence-corrected chi connectivity index (χ4v) is 5.10. The molecule has 0 radical (unpaired) electrons. The van der Waals surface area contributed by atoms with Gasteiger partial charge in [-0.1, -0.05) is 47.5 Å². The van der Waals surface area contributed by atoms with E-state index in [-0.39, 0.29) is 12.1 Å². The van der Waals surface area contributed by atoms with Gasteiger partial charge in [-0.05, 0) is 43.0 Å². The quantitative estimate of drug-likeness (QED) is 0.471. The Morgan fingerprint density at radius 3 is 2.67 bits per heavy atom. The average molecular weight is 413 g/mol. The van der Waals surface area contributed by atoms with E-state index < -0.39 is 0 Å². The lowest BCUT2D eigenvalue weighted by Gasteiger charge is -2.38. The number of hydrogen-bond acceptors (Lipinski definition) is 5. The number of ether oxygens (including phenoxy) is 1. The maximum Gasteiger partial charge on any atom is 0.226 e. The fraction of sp³-hybridized carbons (Fsp3) is 0.167. The highest BCUT2D eigenvalue weighted by molar-refractivity contribution is 7.10. The Hall–Kier alpha value is -3.38. The minimum absolute atomic E-state index is 0.0971. The molecule has 148 valence electrons. The first kappa shape index (κ1) is 17.5. The van der Waals surface area contributed by atoms with E-state index in [0.717, 1.165) is 28.5 Å². The maximum absolute atomic E-state index is 6.62. The van der Waals surface area contributed by atoms with Crippen molar-refractivity contribution < 1.29 is 4.74 Å². The van der Waals surface area contributed by atoms with Crippen molar-refractivity contribution in [1.29, 1.82) is 0 Å². The van der Waals surface area contributed by atoms with Crippen LogP contribution in [-0.4, -0.2) is 14.8 Å². The summed E-state index contributed by atoms with van der Waals surface area (Å²) in [5.74, 6) is 1.64. The summed E-state index contributed by atoms with van der Waals surface area (Å²) in [6.07, 6.45) is 1.42. The highest BCUT2D eigenvalue weighted by atomic mass is 32.1. The predicted octanol–water partition coefficient (Wildman–Crippen LogP) is 5.52. The van der Waals surface area contributed by atoms with Crippen molar-refractivity contribution in [2.24, 2.45) is 0 Å². The molecule has 0 aliphatic carbocycles. The van der Waals surface area contributed by atoms with Crippen LogP contribution in [0, 0.1) is 13.8 Å². The van der Waals surface area contributed by atoms with E-state index in [9.17, 15) is 0 Å². The van der Waals surface area contributed by atoms with Crippen LogP contribution in [-0.2, 0) is 0 Å². The molecule has 4 aromatic rings. The maximum atomic E-state index is 6.62. The van der Waals surface area contributed by atoms with Crippen LogP contribution in [0.2, 0.25) is 0 Å². The zero-order chi connectivity index (χ0) is 20.2. The van der Waals surface area contributed by atoms with Crippen molar-refractivity contribution in [1.82, 2.24) is 14.8 Å². The van der Waals surface area contributed by atoms with Crippen LogP contribution in [0.3, 0.4) is 0 Å². The molecule has 6 rings (SSSR count). The van der Waals surface area contributed by atoms with E-state index in [0.29, 0.717) is 0 Å². The summed E-state index contributed by atoms with van der Waals surface area (Å²) in [7, 11) is 0. The topological polar surface area (TPSA) is 52.0 Å². The molecule has 0 amide bonds. The number of nitrogens with zero attached hydrogens (tertiary/aromatic N) is 3. The second kappa shape index (κ2) is 6.57. The van der Waals surface area contributed by atoms with E-state index in [1.54, 1.807) is 17.7 Å². The van der Waals surface area contributed by atoms with E-state index in [2.05, 4.69) is 89.2 Å². The molecule has 0 spiro atoms. The molecule has 0 bridgehead atoms. The molecule has 1 N–H and O–H groups in total. The van der Waals surface area contributed by atoms with E-state index in [1.807, 2.05) is 4.68 Å². The molecule has 2 aliphatic heterocycles. The summed E-state index contributed by atoms with van der Waals surface area (Å²) >= 11 is 1.71. The molecular formula is C24H20N4OS. The Kier molecular flexibility index (Phi) is 3.83. The number of aromatic nitrogens is 3. The van der Waals surface area contributed by atoms with Gasteiger partial charge in [-0.25, -0.2) is 4.68 Å². The summed E-state index contributed by atoms with van der Waals surface area (Å²) in [6, 6.07) is 19.1. The van der Waals surface area contributed by atoms with E-state index in [1.165, 1.54) is 21.6 Å². The lowest BCUT2D eigenvalue weighted by Crippen LogP contribution is -2.32. The van der Waals surface area contributed by atoms with Crippen LogP contribution in [0.25, 0.3) is 5.70 Å². The second-order valence-electron chi connectivity index (χ2n) is 7.81. The Morgan fingerprint density at radius 2 is 1.87 bits per heavy atom. The first-order valence-electron chi connectivity index (χ1n) is 9.97. The van der Waals surface area contributed by atoms with Gasteiger partial charge in [0, 0.05) is 16.0 Å². The molecule has 2 atom stereocenters. The van der Waals surface area contributed by atoms with Gasteiger partial charge in [0.2, 0.25) is 5.95 Å². The monoisotopic (exact) mass is 412 g/mol. The molecule has 0 fully saturated rings. The normalized spacial score (nSPS) is 19.4. The molecule has 0 saturated carbocycles. The molecule has 30 heavy (non-hydrogen) atoms. The molecule has 0 unspecified atom stereocenters. The van der Waals surface area contributed by atoms with Gasteiger partial charge in [0.05, 0.1) is 5.70 Å². The largest absolute Gasteiger partial charge is 0.480 e. The number of aryl methyl sites for hydroxylation is 2. The number of fused-ring (bicyclic) bond motifs is 3. The van der Waals surface area contributed by atoms with Crippen LogP contribution in [0.4, 0.5) is 5.95 Å². The molecule has 2 aromatic carbocycles. The molecule has 2 aliphatic rings. The van der Waals surface area contributed by atoms with Gasteiger partial charge >= 0.3 is 0 Å². The van der Waals surface area contributed by atoms with Gasteiger partial charge in [0.25, 0.3) is 0 Å². The number of nitrogens with one attached hydrogen (secondary N) is 1. The summed E-state index contributed by atoms with van der Waals surface area (Å²) < 4.78 is 8.59. The number of thiophene rings is 1. The zero-order valence-electron chi connectivity index (χ0n) is 16.7.